The normalized spacial score (nSPS) is 19.2. The van der Waals surface area contributed by atoms with Crippen LogP contribution in [0, 0.1) is 6.92 Å². The molecule has 0 aliphatic carbocycles. The lowest BCUT2D eigenvalue weighted by atomic mass is 10.0. The summed E-state index contributed by atoms with van der Waals surface area (Å²) in [6.07, 6.45) is 5.25. The molecule has 0 radical (unpaired) electrons. The fourth-order valence-corrected chi connectivity index (χ4v) is 2.77. The van der Waals surface area contributed by atoms with Crippen LogP contribution in [-0.2, 0) is 4.79 Å². The summed E-state index contributed by atoms with van der Waals surface area (Å²) in [6.45, 7) is 3.11. The van der Waals surface area contributed by atoms with Crippen molar-refractivity contribution in [3.63, 3.8) is 0 Å². The minimum absolute atomic E-state index is 0.0960. The number of rotatable bonds is 4. The maximum absolute atomic E-state index is 12.0. The van der Waals surface area contributed by atoms with Crippen molar-refractivity contribution in [2.45, 2.75) is 45.1 Å². The maximum atomic E-state index is 12.0. The van der Waals surface area contributed by atoms with E-state index in [1.807, 2.05) is 25.1 Å². The molecule has 1 amide bonds. The molecule has 19 heavy (non-hydrogen) atoms. The molecule has 1 heterocycles. The van der Waals surface area contributed by atoms with E-state index in [1.54, 1.807) is 0 Å². The lowest BCUT2D eigenvalue weighted by Gasteiger charge is -2.23. The van der Waals surface area contributed by atoms with Crippen molar-refractivity contribution in [1.29, 1.82) is 0 Å². The molecule has 0 aromatic heterocycles. The molecule has 2 N–H and O–H groups in total. The van der Waals surface area contributed by atoms with Gasteiger partial charge in [0.1, 0.15) is 0 Å². The molecule has 1 aliphatic heterocycles. The first kappa shape index (κ1) is 14.5. The lowest BCUT2D eigenvalue weighted by molar-refractivity contribution is -0.116. The number of amides is 1. The van der Waals surface area contributed by atoms with Gasteiger partial charge in [0.15, 0.2) is 0 Å². The summed E-state index contributed by atoms with van der Waals surface area (Å²) < 4.78 is 0.933. The van der Waals surface area contributed by atoms with E-state index >= 15 is 0 Å². The second-order valence-corrected chi connectivity index (χ2v) is 6.07. The Bertz CT molecular complexity index is 442. The molecule has 2 rings (SSSR count). The molecular weight excluding hydrogens is 304 g/mol. The number of hydrogen-bond acceptors (Lipinski definition) is 2. The Hall–Kier alpha value is -0.870. The van der Waals surface area contributed by atoms with Crippen LogP contribution in [0.4, 0.5) is 5.69 Å². The van der Waals surface area contributed by atoms with Gasteiger partial charge in [-0.2, -0.15) is 0 Å². The zero-order chi connectivity index (χ0) is 13.7. The minimum Gasteiger partial charge on any atom is -0.325 e. The standard InChI is InChI=1S/C15H21BrN2O/c1-11-5-7-13(16)14(10-11)18-15(19)8-6-12-4-2-3-9-17-12/h5,7,10,12,17H,2-4,6,8-9H2,1H3,(H,18,19). The molecule has 1 aliphatic rings. The van der Waals surface area contributed by atoms with Crippen molar-refractivity contribution in [3.05, 3.63) is 28.2 Å². The predicted octanol–water partition coefficient (Wildman–Crippen LogP) is 3.62. The number of carbonyl (C=O) groups excluding carboxylic acids is 1. The Morgan fingerprint density at radius 3 is 3.05 bits per heavy atom. The highest BCUT2D eigenvalue weighted by Crippen LogP contribution is 2.23. The fraction of sp³-hybridized carbons (Fsp3) is 0.533. The largest absolute Gasteiger partial charge is 0.325 e. The molecule has 1 aromatic carbocycles. The van der Waals surface area contributed by atoms with Crippen molar-refractivity contribution >= 4 is 27.5 Å². The van der Waals surface area contributed by atoms with Crippen molar-refractivity contribution in [2.75, 3.05) is 11.9 Å². The quantitative estimate of drug-likeness (QED) is 0.888. The Labute approximate surface area is 123 Å². The monoisotopic (exact) mass is 324 g/mol. The van der Waals surface area contributed by atoms with E-state index in [1.165, 1.54) is 19.3 Å². The summed E-state index contributed by atoms with van der Waals surface area (Å²) in [5.74, 6) is 0.0960. The molecule has 1 unspecified atom stereocenters. The first-order valence-electron chi connectivity index (χ1n) is 6.94. The van der Waals surface area contributed by atoms with E-state index in [4.69, 9.17) is 0 Å². The fourth-order valence-electron chi connectivity index (χ4n) is 2.42. The summed E-state index contributed by atoms with van der Waals surface area (Å²) in [5, 5.41) is 6.45. The summed E-state index contributed by atoms with van der Waals surface area (Å²) >= 11 is 3.46. The second-order valence-electron chi connectivity index (χ2n) is 5.22. The Balaban J connectivity index is 1.81. The van der Waals surface area contributed by atoms with E-state index < -0.39 is 0 Å². The summed E-state index contributed by atoms with van der Waals surface area (Å²) in [5.41, 5.74) is 2.01. The van der Waals surface area contributed by atoms with Crippen LogP contribution in [0.15, 0.2) is 22.7 Å². The van der Waals surface area contributed by atoms with E-state index in [9.17, 15) is 4.79 Å². The molecule has 1 aromatic rings. The van der Waals surface area contributed by atoms with Gasteiger partial charge in [0.2, 0.25) is 5.91 Å². The number of piperidine rings is 1. The zero-order valence-electron chi connectivity index (χ0n) is 11.3. The first-order chi connectivity index (χ1) is 9.15. The highest BCUT2D eigenvalue weighted by molar-refractivity contribution is 9.10. The topological polar surface area (TPSA) is 41.1 Å². The van der Waals surface area contributed by atoms with Crippen LogP contribution in [0.1, 0.15) is 37.7 Å². The molecule has 0 saturated carbocycles. The smallest absolute Gasteiger partial charge is 0.224 e. The number of benzene rings is 1. The molecule has 104 valence electrons. The molecule has 4 heteroatoms. The van der Waals surface area contributed by atoms with Gasteiger partial charge in [-0.25, -0.2) is 0 Å². The number of nitrogens with one attached hydrogen (secondary N) is 2. The van der Waals surface area contributed by atoms with Crippen LogP contribution in [0.3, 0.4) is 0 Å². The Morgan fingerprint density at radius 2 is 2.32 bits per heavy atom. The Kier molecular flexibility index (Phi) is 5.40. The predicted molar refractivity (Wildman–Crippen MR) is 82.4 cm³/mol. The van der Waals surface area contributed by atoms with Gasteiger partial charge in [-0.3, -0.25) is 4.79 Å². The second kappa shape index (κ2) is 7.06. The number of anilines is 1. The van der Waals surface area contributed by atoms with Crippen LogP contribution in [0.25, 0.3) is 0 Å². The number of aryl methyl sites for hydroxylation is 1. The van der Waals surface area contributed by atoms with Crippen molar-refractivity contribution < 1.29 is 4.79 Å². The highest BCUT2D eigenvalue weighted by Gasteiger charge is 2.14. The molecular formula is C15H21BrN2O. The van der Waals surface area contributed by atoms with E-state index in [2.05, 4.69) is 26.6 Å². The summed E-state index contributed by atoms with van der Waals surface area (Å²) in [7, 11) is 0. The van der Waals surface area contributed by atoms with Gasteiger partial charge in [-0.05, 0) is 66.4 Å². The first-order valence-corrected chi connectivity index (χ1v) is 7.74. The van der Waals surface area contributed by atoms with Gasteiger partial charge in [0, 0.05) is 16.9 Å². The zero-order valence-corrected chi connectivity index (χ0v) is 12.9. The van der Waals surface area contributed by atoms with Crippen molar-refractivity contribution in [1.82, 2.24) is 5.32 Å². The third kappa shape index (κ3) is 4.62. The Morgan fingerprint density at radius 1 is 1.47 bits per heavy atom. The third-order valence-electron chi connectivity index (χ3n) is 3.53. The van der Waals surface area contributed by atoms with Gasteiger partial charge >= 0.3 is 0 Å². The van der Waals surface area contributed by atoms with E-state index in [-0.39, 0.29) is 5.91 Å². The van der Waals surface area contributed by atoms with Crippen LogP contribution >= 0.6 is 15.9 Å². The van der Waals surface area contributed by atoms with E-state index in [0.29, 0.717) is 12.5 Å². The summed E-state index contributed by atoms with van der Waals surface area (Å²) in [6, 6.07) is 6.49. The van der Waals surface area contributed by atoms with Gasteiger partial charge in [-0.15, -0.1) is 0 Å². The van der Waals surface area contributed by atoms with Crippen LogP contribution < -0.4 is 10.6 Å². The molecule has 1 atom stereocenters. The van der Waals surface area contributed by atoms with Crippen LogP contribution in [-0.4, -0.2) is 18.5 Å². The maximum Gasteiger partial charge on any atom is 0.224 e. The number of hydrogen-bond donors (Lipinski definition) is 2. The minimum atomic E-state index is 0.0960. The van der Waals surface area contributed by atoms with Crippen molar-refractivity contribution in [3.8, 4) is 0 Å². The molecule has 3 nitrogen and oxygen atoms in total. The molecule has 1 saturated heterocycles. The van der Waals surface area contributed by atoms with E-state index in [0.717, 1.165) is 28.7 Å². The van der Waals surface area contributed by atoms with Gasteiger partial charge in [0.25, 0.3) is 0 Å². The van der Waals surface area contributed by atoms with Gasteiger partial charge < -0.3 is 10.6 Å². The third-order valence-corrected chi connectivity index (χ3v) is 4.22. The number of carbonyl (C=O) groups is 1. The average Bonchev–Trinajstić information content (AvgIpc) is 2.42. The van der Waals surface area contributed by atoms with Crippen LogP contribution in [0.2, 0.25) is 0 Å². The van der Waals surface area contributed by atoms with Gasteiger partial charge in [-0.1, -0.05) is 12.5 Å². The SMILES string of the molecule is Cc1ccc(Br)c(NC(=O)CCC2CCCCN2)c1. The van der Waals surface area contributed by atoms with Gasteiger partial charge in [0.05, 0.1) is 5.69 Å². The lowest BCUT2D eigenvalue weighted by Crippen LogP contribution is -2.34. The average molecular weight is 325 g/mol. The molecule has 0 spiro atoms. The summed E-state index contributed by atoms with van der Waals surface area (Å²) in [4.78, 5) is 12.0. The van der Waals surface area contributed by atoms with Crippen LogP contribution in [0.5, 0.6) is 0 Å². The molecule has 0 bridgehead atoms. The van der Waals surface area contributed by atoms with Crippen molar-refractivity contribution in [2.24, 2.45) is 0 Å². The molecule has 1 fully saturated rings. The number of halogens is 1. The highest BCUT2D eigenvalue weighted by atomic mass is 79.9.